The highest BCUT2D eigenvalue weighted by Crippen LogP contribution is 2.21. The predicted octanol–water partition coefficient (Wildman–Crippen LogP) is 2.36. The zero-order valence-electron chi connectivity index (χ0n) is 11.7. The van der Waals surface area contributed by atoms with Crippen molar-refractivity contribution in [1.29, 1.82) is 0 Å². The van der Waals surface area contributed by atoms with E-state index in [-0.39, 0.29) is 11.8 Å². The van der Waals surface area contributed by atoms with Crippen LogP contribution in [0.15, 0.2) is 12.1 Å². The summed E-state index contributed by atoms with van der Waals surface area (Å²) in [6.07, 6.45) is 0. The van der Waals surface area contributed by atoms with Gasteiger partial charge in [-0.25, -0.2) is 4.98 Å². The molecule has 0 spiro atoms. The number of nitrogen functional groups attached to an aromatic ring is 1. The molecule has 1 aliphatic rings. The minimum absolute atomic E-state index is 0.0724. The van der Waals surface area contributed by atoms with Crippen molar-refractivity contribution < 1.29 is 4.79 Å². The van der Waals surface area contributed by atoms with Crippen molar-refractivity contribution >= 4 is 23.5 Å². The van der Waals surface area contributed by atoms with Crippen LogP contribution in [0.3, 0.4) is 0 Å². The molecule has 4 nitrogen and oxygen atoms in total. The van der Waals surface area contributed by atoms with Gasteiger partial charge in [-0.2, -0.15) is 11.8 Å². The highest BCUT2D eigenvalue weighted by molar-refractivity contribution is 7.99. The number of carbonyl (C=O) groups is 1. The monoisotopic (exact) mass is 279 g/mol. The molecule has 5 heteroatoms. The topological polar surface area (TPSA) is 59.2 Å². The molecule has 1 amide bonds. The molecule has 1 aromatic heterocycles. The molecule has 0 aliphatic carbocycles. The van der Waals surface area contributed by atoms with Crippen LogP contribution in [0.25, 0.3) is 0 Å². The van der Waals surface area contributed by atoms with Crippen LogP contribution in [0.2, 0.25) is 0 Å². The summed E-state index contributed by atoms with van der Waals surface area (Å²) in [6.45, 7) is 7.88. The standard InChI is InChI=1S/C14H21N3OS/c1-9(2)12-6-11(7-13(15)16-12)14(18)17-4-5-19-10(3)8-17/h6-7,9-10H,4-5,8H2,1-3H3,(H2,15,16). The number of carbonyl (C=O) groups excluding carboxylic acids is 1. The molecule has 0 bridgehead atoms. The smallest absolute Gasteiger partial charge is 0.254 e. The predicted molar refractivity (Wildman–Crippen MR) is 80.6 cm³/mol. The summed E-state index contributed by atoms with van der Waals surface area (Å²) in [5.74, 6) is 1.77. The van der Waals surface area contributed by atoms with Gasteiger partial charge in [0.15, 0.2) is 0 Å². The summed E-state index contributed by atoms with van der Waals surface area (Å²) >= 11 is 1.91. The van der Waals surface area contributed by atoms with Crippen LogP contribution in [0.5, 0.6) is 0 Å². The number of anilines is 1. The van der Waals surface area contributed by atoms with Gasteiger partial charge in [-0.15, -0.1) is 0 Å². The van der Waals surface area contributed by atoms with Crippen LogP contribution in [0.1, 0.15) is 42.7 Å². The minimum atomic E-state index is 0.0724. The van der Waals surface area contributed by atoms with Crippen molar-refractivity contribution in [3.63, 3.8) is 0 Å². The summed E-state index contributed by atoms with van der Waals surface area (Å²) in [5, 5.41) is 0.501. The number of rotatable bonds is 2. The molecule has 104 valence electrons. The molecule has 2 N–H and O–H groups in total. The molecule has 0 saturated carbocycles. The molecule has 1 atom stereocenters. The van der Waals surface area contributed by atoms with Crippen molar-refractivity contribution in [2.75, 3.05) is 24.6 Å². The van der Waals surface area contributed by atoms with E-state index in [1.165, 1.54) is 0 Å². The Bertz CT molecular complexity index is 476. The molecule has 0 aromatic carbocycles. The summed E-state index contributed by atoms with van der Waals surface area (Å²) in [6, 6.07) is 3.55. The number of hydrogen-bond donors (Lipinski definition) is 1. The average Bonchev–Trinajstić information content (AvgIpc) is 2.37. The van der Waals surface area contributed by atoms with Gasteiger partial charge in [-0.3, -0.25) is 4.79 Å². The number of thioether (sulfide) groups is 1. The Morgan fingerprint density at radius 3 is 2.89 bits per heavy atom. The summed E-state index contributed by atoms with van der Waals surface area (Å²) in [7, 11) is 0. The molecule has 19 heavy (non-hydrogen) atoms. The highest BCUT2D eigenvalue weighted by Gasteiger charge is 2.23. The highest BCUT2D eigenvalue weighted by atomic mass is 32.2. The van der Waals surface area contributed by atoms with Crippen molar-refractivity contribution in [3.05, 3.63) is 23.4 Å². The largest absolute Gasteiger partial charge is 0.384 e. The molecular weight excluding hydrogens is 258 g/mol. The first kappa shape index (κ1) is 14.2. The zero-order valence-corrected chi connectivity index (χ0v) is 12.5. The Labute approximate surface area is 118 Å². The third-order valence-electron chi connectivity index (χ3n) is 3.23. The fourth-order valence-electron chi connectivity index (χ4n) is 2.18. The summed E-state index contributed by atoms with van der Waals surface area (Å²) in [4.78, 5) is 18.7. The van der Waals surface area contributed by atoms with Gasteiger partial charge >= 0.3 is 0 Å². The van der Waals surface area contributed by atoms with E-state index >= 15 is 0 Å². The first-order chi connectivity index (χ1) is 8.97. The molecule has 2 rings (SSSR count). The second-order valence-corrected chi connectivity index (χ2v) is 6.84. The maximum absolute atomic E-state index is 12.5. The van der Waals surface area contributed by atoms with Gasteiger partial charge in [0.05, 0.1) is 0 Å². The second-order valence-electron chi connectivity index (χ2n) is 5.29. The normalized spacial score (nSPS) is 19.8. The Hall–Kier alpha value is -1.23. The van der Waals surface area contributed by atoms with E-state index in [1.807, 2.05) is 22.7 Å². The SMILES string of the molecule is CC1CN(C(=O)c2cc(N)nc(C(C)C)c2)CCS1. The molecule has 1 unspecified atom stereocenters. The minimum Gasteiger partial charge on any atom is -0.384 e. The second kappa shape index (κ2) is 5.82. The number of nitrogens with zero attached hydrogens (tertiary/aromatic N) is 2. The van der Waals surface area contributed by atoms with Gasteiger partial charge in [-0.1, -0.05) is 20.8 Å². The lowest BCUT2D eigenvalue weighted by Crippen LogP contribution is -2.41. The molecule has 1 saturated heterocycles. The molecule has 1 fully saturated rings. The van der Waals surface area contributed by atoms with Crippen LogP contribution in [0, 0.1) is 0 Å². The first-order valence-electron chi connectivity index (χ1n) is 6.65. The van der Waals surface area contributed by atoms with Crippen molar-refractivity contribution in [3.8, 4) is 0 Å². The molecule has 1 aliphatic heterocycles. The van der Waals surface area contributed by atoms with E-state index < -0.39 is 0 Å². The Morgan fingerprint density at radius 1 is 1.53 bits per heavy atom. The average molecular weight is 279 g/mol. The van der Waals surface area contributed by atoms with Gasteiger partial charge < -0.3 is 10.6 Å². The van der Waals surface area contributed by atoms with Gasteiger partial charge in [0.1, 0.15) is 5.82 Å². The summed E-state index contributed by atoms with van der Waals surface area (Å²) in [5.41, 5.74) is 7.35. The quantitative estimate of drug-likeness (QED) is 0.903. The van der Waals surface area contributed by atoms with Crippen molar-refractivity contribution in [2.24, 2.45) is 0 Å². The summed E-state index contributed by atoms with van der Waals surface area (Å²) < 4.78 is 0. The molecule has 0 radical (unpaired) electrons. The zero-order chi connectivity index (χ0) is 14.0. The number of nitrogens with two attached hydrogens (primary N) is 1. The van der Waals surface area contributed by atoms with E-state index in [0.717, 1.165) is 24.5 Å². The lowest BCUT2D eigenvalue weighted by molar-refractivity contribution is 0.0763. The number of amides is 1. The fourth-order valence-corrected chi connectivity index (χ4v) is 3.19. The molecule has 2 heterocycles. The van der Waals surface area contributed by atoms with Crippen molar-refractivity contribution in [2.45, 2.75) is 31.9 Å². The Morgan fingerprint density at radius 2 is 2.26 bits per heavy atom. The van der Waals surface area contributed by atoms with Gasteiger partial charge in [0.25, 0.3) is 5.91 Å². The molecular formula is C14H21N3OS. The number of hydrogen-bond acceptors (Lipinski definition) is 4. The lowest BCUT2D eigenvalue weighted by Gasteiger charge is -2.30. The van der Waals surface area contributed by atoms with Crippen LogP contribution in [0.4, 0.5) is 5.82 Å². The Balaban J connectivity index is 2.23. The van der Waals surface area contributed by atoms with Crippen LogP contribution in [-0.4, -0.2) is 39.9 Å². The van der Waals surface area contributed by atoms with E-state index in [1.54, 1.807) is 6.07 Å². The maximum atomic E-state index is 12.5. The molecule has 1 aromatic rings. The van der Waals surface area contributed by atoms with E-state index in [9.17, 15) is 4.79 Å². The number of aromatic nitrogens is 1. The first-order valence-corrected chi connectivity index (χ1v) is 7.70. The third kappa shape index (κ3) is 3.41. The van der Waals surface area contributed by atoms with E-state index in [2.05, 4.69) is 25.8 Å². The Kier molecular flexibility index (Phi) is 4.34. The van der Waals surface area contributed by atoms with Gasteiger partial charge in [0, 0.05) is 35.3 Å². The van der Waals surface area contributed by atoms with Crippen molar-refractivity contribution in [1.82, 2.24) is 9.88 Å². The number of pyridine rings is 1. The lowest BCUT2D eigenvalue weighted by atomic mass is 10.1. The van der Waals surface area contributed by atoms with E-state index in [4.69, 9.17) is 5.73 Å². The van der Waals surface area contributed by atoms with Gasteiger partial charge in [-0.05, 0) is 18.1 Å². The van der Waals surface area contributed by atoms with Crippen LogP contribution in [-0.2, 0) is 0 Å². The fraction of sp³-hybridized carbons (Fsp3) is 0.571. The third-order valence-corrected chi connectivity index (χ3v) is 4.37. The van der Waals surface area contributed by atoms with Crippen LogP contribution < -0.4 is 5.73 Å². The van der Waals surface area contributed by atoms with E-state index in [0.29, 0.717) is 16.6 Å². The maximum Gasteiger partial charge on any atom is 0.254 e. The van der Waals surface area contributed by atoms with Gasteiger partial charge in [0.2, 0.25) is 0 Å². The van der Waals surface area contributed by atoms with Crippen LogP contribution >= 0.6 is 11.8 Å².